The number of hydrogen-bond donors (Lipinski definition) is 1. The van der Waals surface area contributed by atoms with Crippen molar-refractivity contribution in [3.63, 3.8) is 0 Å². The highest BCUT2D eigenvalue weighted by Gasteiger charge is 2.25. The molecule has 0 aliphatic carbocycles. The summed E-state index contributed by atoms with van der Waals surface area (Å²) < 4.78 is 5.33. The van der Waals surface area contributed by atoms with Gasteiger partial charge in [-0.15, -0.1) is 0 Å². The lowest BCUT2D eigenvalue weighted by molar-refractivity contribution is 0.0138. The zero-order valence-electron chi connectivity index (χ0n) is 9.99. The summed E-state index contributed by atoms with van der Waals surface area (Å²) in [7, 11) is 1.58. The fourth-order valence-electron chi connectivity index (χ4n) is 1.69. The number of benzene rings is 1. The third-order valence-corrected chi connectivity index (χ3v) is 3.16. The second-order valence-electron chi connectivity index (χ2n) is 4.38. The minimum Gasteiger partial charge on any atom is -0.506 e. The van der Waals surface area contributed by atoms with Crippen molar-refractivity contribution in [1.82, 2.24) is 4.98 Å². The largest absolute Gasteiger partial charge is 0.506 e. The first-order valence-corrected chi connectivity index (χ1v) is 5.67. The Morgan fingerprint density at radius 3 is 2.71 bits per heavy atom. The molecule has 17 heavy (non-hydrogen) atoms. The van der Waals surface area contributed by atoms with Gasteiger partial charge in [0.05, 0.1) is 10.5 Å². The highest BCUT2D eigenvalue weighted by Crippen LogP contribution is 2.34. The van der Waals surface area contributed by atoms with Crippen LogP contribution in [0, 0.1) is 0 Å². The molecule has 0 spiro atoms. The predicted molar refractivity (Wildman–Crippen MR) is 68.5 cm³/mol. The molecule has 1 heterocycles. The number of aromatic nitrogens is 1. The van der Waals surface area contributed by atoms with Crippen molar-refractivity contribution in [3.8, 4) is 5.75 Å². The van der Waals surface area contributed by atoms with Crippen molar-refractivity contribution in [2.24, 2.45) is 0 Å². The van der Waals surface area contributed by atoms with Gasteiger partial charge in [0.25, 0.3) is 0 Å². The number of ether oxygens (including phenoxy) is 1. The van der Waals surface area contributed by atoms with Gasteiger partial charge in [-0.3, -0.25) is 0 Å². The summed E-state index contributed by atoms with van der Waals surface area (Å²) in [6, 6.07) is 7.12. The Hall–Kier alpha value is -1.32. The van der Waals surface area contributed by atoms with Crippen LogP contribution in [0.4, 0.5) is 0 Å². The van der Waals surface area contributed by atoms with Crippen molar-refractivity contribution in [1.29, 1.82) is 0 Å². The maximum absolute atomic E-state index is 9.98. The summed E-state index contributed by atoms with van der Waals surface area (Å²) in [6.45, 7) is 3.69. The van der Waals surface area contributed by atoms with Crippen molar-refractivity contribution >= 4 is 22.5 Å². The van der Waals surface area contributed by atoms with Crippen LogP contribution >= 0.6 is 11.6 Å². The van der Waals surface area contributed by atoms with Gasteiger partial charge in [-0.1, -0.05) is 23.7 Å². The van der Waals surface area contributed by atoms with Gasteiger partial charge in [0.1, 0.15) is 17.0 Å². The maximum atomic E-state index is 9.98. The standard InChI is InChI=1S/C13H14ClNO2/c1-13(2,17-3)12-10(16)7-8-5-4-6-9(14)11(8)15-12/h4-7,16H,1-3H3. The van der Waals surface area contributed by atoms with E-state index in [0.29, 0.717) is 16.2 Å². The van der Waals surface area contributed by atoms with E-state index < -0.39 is 5.60 Å². The number of aromatic hydroxyl groups is 1. The van der Waals surface area contributed by atoms with Crippen molar-refractivity contribution < 1.29 is 9.84 Å². The molecular formula is C13H14ClNO2. The van der Waals surface area contributed by atoms with Gasteiger partial charge in [0.15, 0.2) is 0 Å². The molecule has 1 aromatic heterocycles. The van der Waals surface area contributed by atoms with E-state index in [9.17, 15) is 5.11 Å². The molecule has 3 nitrogen and oxygen atoms in total. The molecule has 0 unspecified atom stereocenters. The van der Waals surface area contributed by atoms with Crippen LogP contribution in [-0.4, -0.2) is 17.2 Å². The molecule has 0 bridgehead atoms. The second-order valence-corrected chi connectivity index (χ2v) is 4.79. The summed E-state index contributed by atoms with van der Waals surface area (Å²) in [4.78, 5) is 4.41. The molecule has 90 valence electrons. The molecule has 1 N–H and O–H groups in total. The number of pyridine rings is 1. The molecule has 0 aliphatic rings. The first-order chi connectivity index (χ1) is 7.95. The third-order valence-electron chi connectivity index (χ3n) is 2.86. The summed E-state index contributed by atoms with van der Waals surface area (Å²) in [5.74, 6) is 0.117. The first-order valence-electron chi connectivity index (χ1n) is 5.29. The molecule has 2 aromatic rings. The van der Waals surface area contributed by atoms with E-state index in [-0.39, 0.29) is 5.75 Å². The molecule has 2 rings (SSSR count). The van der Waals surface area contributed by atoms with Gasteiger partial charge in [-0.05, 0) is 26.0 Å². The highest BCUT2D eigenvalue weighted by molar-refractivity contribution is 6.35. The number of hydrogen-bond acceptors (Lipinski definition) is 3. The smallest absolute Gasteiger partial charge is 0.140 e. The normalized spacial score (nSPS) is 12.0. The summed E-state index contributed by atoms with van der Waals surface area (Å²) in [6.07, 6.45) is 0. The molecule has 0 saturated carbocycles. The Kier molecular flexibility index (Phi) is 2.98. The monoisotopic (exact) mass is 251 g/mol. The number of para-hydroxylation sites is 1. The van der Waals surface area contributed by atoms with Gasteiger partial charge in [-0.2, -0.15) is 0 Å². The molecule has 0 aliphatic heterocycles. The van der Waals surface area contributed by atoms with Gasteiger partial charge < -0.3 is 9.84 Å². The quantitative estimate of drug-likeness (QED) is 0.889. The average Bonchev–Trinajstić information content (AvgIpc) is 2.28. The van der Waals surface area contributed by atoms with E-state index in [0.717, 1.165) is 5.39 Å². The van der Waals surface area contributed by atoms with E-state index in [4.69, 9.17) is 16.3 Å². The second kappa shape index (κ2) is 4.17. The Labute approximate surface area is 105 Å². The molecule has 0 saturated heterocycles. The Bertz CT molecular complexity index is 567. The minimum absolute atomic E-state index is 0.117. The molecule has 0 amide bonds. The number of nitrogens with zero attached hydrogens (tertiary/aromatic N) is 1. The van der Waals surface area contributed by atoms with Gasteiger partial charge in [-0.25, -0.2) is 4.98 Å². The van der Waals surface area contributed by atoms with E-state index in [1.54, 1.807) is 19.2 Å². The lowest BCUT2D eigenvalue weighted by Crippen LogP contribution is -2.21. The molecule has 4 heteroatoms. The zero-order valence-corrected chi connectivity index (χ0v) is 10.7. The van der Waals surface area contributed by atoms with E-state index in [1.807, 2.05) is 26.0 Å². The van der Waals surface area contributed by atoms with Gasteiger partial charge in [0.2, 0.25) is 0 Å². The fourth-order valence-corrected chi connectivity index (χ4v) is 1.92. The number of halogens is 1. The van der Waals surface area contributed by atoms with Crippen molar-refractivity contribution in [2.75, 3.05) is 7.11 Å². The topological polar surface area (TPSA) is 42.4 Å². The van der Waals surface area contributed by atoms with Gasteiger partial charge >= 0.3 is 0 Å². The highest BCUT2D eigenvalue weighted by atomic mass is 35.5. The summed E-state index contributed by atoms with van der Waals surface area (Å²) in [5, 5.41) is 11.4. The summed E-state index contributed by atoms with van der Waals surface area (Å²) in [5.41, 5.74) is 0.505. The number of fused-ring (bicyclic) bond motifs is 1. The zero-order chi connectivity index (χ0) is 12.6. The Morgan fingerprint density at radius 1 is 1.35 bits per heavy atom. The molecule has 0 atom stereocenters. The molecule has 0 radical (unpaired) electrons. The predicted octanol–water partition coefficient (Wildman–Crippen LogP) is 3.48. The van der Waals surface area contributed by atoms with Crippen LogP contribution in [0.1, 0.15) is 19.5 Å². The van der Waals surface area contributed by atoms with Crippen LogP contribution in [0.15, 0.2) is 24.3 Å². The number of methoxy groups -OCH3 is 1. The third kappa shape index (κ3) is 2.08. The number of rotatable bonds is 2. The Balaban J connectivity index is 2.74. The van der Waals surface area contributed by atoms with Crippen LogP contribution in [0.25, 0.3) is 10.9 Å². The van der Waals surface area contributed by atoms with E-state index in [2.05, 4.69) is 4.98 Å². The molecular weight excluding hydrogens is 238 g/mol. The van der Waals surface area contributed by atoms with E-state index >= 15 is 0 Å². The van der Waals surface area contributed by atoms with Crippen molar-refractivity contribution in [3.05, 3.63) is 35.0 Å². The van der Waals surface area contributed by atoms with Crippen LogP contribution < -0.4 is 0 Å². The first kappa shape index (κ1) is 12.1. The molecule has 0 fully saturated rings. The van der Waals surface area contributed by atoms with Crippen LogP contribution in [-0.2, 0) is 10.3 Å². The van der Waals surface area contributed by atoms with Crippen molar-refractivity contribution in [2.45, 2.75) is 19.4 Å². The SMILES string of the molecule is COC(C)(C)c1nc2c(Cl)cccc2cc1O. The minimum atomic E-state index is -0.655. The maximum Gasteiger partial charge on any atom is 0.140 e. The van der Waals surface area contributed by atoms with Crippen LogP contribution in [0.3, 0.4) is 0 Å². The van der Waals surface area contributed by atoms with E-state index in [1.165, 1.54) is 0 Å². The molecule has 1 aromatic carbocycles. The van der Waals surface area contributed by atoms with Gasteiger partial charge in [0, 0.05) is 12.5 Å². The van der Waals surface area contributed by atoms with Crippen LogP contribution in [0.5, 0.6) is 5.75 Å². The average molecular weight is 252 g/mol. The Morgan fingerprint density at radius 2 is 2.06 bits per heavy atom. The lowest BCUT2D eigenvalue weighted by Gasteiger charge is -2.23. The lowest BCUT2D eigenvalue weighted by atomic mass is 10.0. The fraction of sp³-hybridized carbons (Fsp3) is 0.308. The summed E-state index contributed by atoms with van der Waals surface area (Å²) >= 11 is 6.09. The van der Waals surface area contributed by atoms with Crippen LogP contribution in [0.2, 0.25) is 5.02 Å².